The Labute approximate surface area is 100 Å². The summed E-state index contributed by atoms with van der Waals surface area (Å²) in [5.41, 5.74) is 7.34. The first-order valence-corrected chi connectivity index (χ1v) is 5.54. The van der Waals surface area contributed by atoms with Gasteiger partial charge in [-0.1, -0.05) is 6.92 Å². The van der Waals surface area contributed by atoms with E-state index >= 15 is 0 Å². The zero-order valence-corrected chi connectivity index (χ0v) is 9.67. The second-order valence-electron chi connectivity index (χ2n) is 3.83. The molecule has 4 nitrogen and oxygen atoms in total. The first kappa shape index (κ1) is 11.2. The normalized spacial score (nSPS) is 12.0. The van der Waals surface area contributed by atoms with Gasteiger partial charge in [0.1, 0.15) is 11.9 Å². The van der Waals surface area contributed by atoms with Crippen molar-refractivity contribution in [1.82, 2.24) is 9.55 Å². The molecule has 0 fully saturated rings. The van der Waals surface area contributed by atoms with E-state index < -0.39 is 0 Å². The molecule has 0 saturated heterocycles. The van der Waals surface area contributed by atoms with Crippen molar-refractivity contribution in [1.29, 1.82) is 5.26 Å². The third kappa shape index (κ3) is 2.13. The minimum Gasteiger partial charge on any atom is -0.399 e. The van der Waals surface area contributed by atoms with Gasteiger partial charge in [-0.25, -0.2) is 4.98 Å². The Morgan fingerprint density at radius 2 is 2.12 bits per heavy atom. The molecule has 0 radical (unpaired) electrons. The van der Waals surface area contributed by atoms with Crippen LogP contribution in [-0.2, 0) is 0 Å². The van der Waals surface area contributed by atoms with Crippen LogP contribution in [0.5, 0.6) is 0 Å². The van der Waals surface area contributed by atoms with Crippen molar-refractivity contribution in [3.63, 3.8) is 0 Å². The minimum absolute atomic E-state index is 0.176. The van der Waals surface area contributed by atoms with Gasteiger partial charge in [0.25, 0.3) is 0 Å². The molecule has 1 aromatic carbocycles. The summed E-state index contributed by atoms with van der Waals surface area (Å²) in [6.45, 7) is 1.99. The Hall–Kier alpha value is -2.28. The molecule has 0 bridgehead atoms. The molecular formula is C13H14N4. The van der Waals surface area contributed by atoms with Crippen LogP contribution in [0.4, 0.5) is 5.69 Å². The minimum atomic E-state index is -0.176. The van der Waals surface area contributed by atoms with E-state index in [4.69, 9.17) is 11.0 Å². The lowest BCUT2D eigenvalue weighted by Crippen LogP contribution is -2.06. The number of hydrogen-bond donors (Lipinski definition) is 1. The largest absolute Gasteiger partial charge is 0.399 e. The van der Waals surface area contributed by atoms with E-state index in [2.05, 4.69) is 11.1 Å². The average molecular weight is 226 g/mol. The predicted octanol–water partition coefficient (Wildman–Crippen LogP) is 2.61. The molecule has 1 heterocycles. The number of aromatic nitrogens is 2. The van der Waals surface area contributed by atoms with E-state index in [1.54, 1.807) is 6.20 Å². The van der Waals surface area contributed by atoms with Crippen LogP contribution in [0.15, 0.2) is 36.7 Å². The van der Waals surface area contributed by atoms with Gasteiger partial charge in [-0.2, -0.15) is 5.26 Å². The van der Waals surface area contributed by atoms with E-state index in [0.29, 0.717) is 0 Å². The number of benzene rings is 1. The van der Waals surface area contributed by atoms with E-state index in [-0.39, 0.29) is 6.04 Å². The summed E-state index contributed by atoms with van der Waals surface area (Å²) in [7, 11) is 0. The van der Waals surface area contributed by atoms with E-state index in [9.17, 15) is 0 Å². The molecule has 17 heavy (non-hydrogen) atoms. The third-order valence-corrected chi connectivity index (χ3v) is 2.71. The summed E-state index contributed by atoms with van der Waals surface area (Å²) in [6, 6.07) is 9.60. The second kappa shape index (κ2) is 4.71. The number of nitrogen functional groups attached to an aromatic ring is 1. The predicted molar refractivity (Wildman–Crippen MR) is 67.0 cm³/mol. The lowest BCUT2D eigenvalue weighted by atomic mass is 10.1. The Kier molecular flexibility index (Phi) is 3.10. The van der Waals surface area contributed by atoms with Gasteiger partial charge >= 0.3 is 0 Å². The highest BCUT2D eigenvalue weighted by molar-refractivity contribution is 5.59. The Morgan fingerprint density at radius 3 is 2.71 bits per heavy atom. The standard InChI is InChI=1S/C13H14N4/c1-2-12(9-14)17-8-7-16-13(17)10-3-5-11(15)6-4-10/h3-8,12H,2,15H2,1H3. The maximum Gasteiger partial charge on any atom is 0.141 e. The summed E-state index contributed by atoms with van der Waals surface area (Å²) in [5.74, 6) is 0.804. The molecule has 0 aliphatic rings. The first-order valence-electron chi connectivity index (χ1n) is 5.54. The number of anilines is 1. The van der Waals surface area contributed by atoms with Crippen molar-refractivity contribution in [2.24, 2.45) is 0 Å². The zero-order valence-electron chi connectivity index (χ0n) is 9.67. The summed E-state index contributed by atoms with van der Waals surface area (Å²) < 4.78 is 1.89. The lowest BCUT2D eigenvalue weighted by Gasteiger charge is -2.12. The molecule has 1 unspecified atom stereocenters. The van der Waals surface area contributed by atoms with Crippen LogP contribution < -0.4 is 5.73 Å². The van der Waals surface area contributed by atoms with Crippen molar-refractivity contribution in [2.45, 2.75) is 19.4 Å². The molecule has 2 N–H and O–H groups in total. The molecule has 0 aliphatic carbocycles. The topological polar surface area (TPSA) is 67.6 Å². The van der Waals surface area contributed by atoms with Crippen molar-refractivity contribution in [3.05, 3.63) is 36.7 Å². The molecule has 0 aliphatic heterocycles. The molecule has 0 spiro atoms. The van der Waals surface area contributed by atoms with Crippen molar-refractivity contribution in [3.8, 4) is 17.5 Å². The molecule has 1 aromatic heterocycles. The average Bonchev–Trinajstić information content (AvgIpc) is 2.81. The van der Waals surface area contributed by atoms with Gasteiger partial charge in [0.05, 0.1) is 6.07 Å². The Balaban J connectivity index is 2.44. The summed E-state index contributed by atoms with van der Waals surface area (Å²) in [6.07, 6.45) is 4.31. The van der Waals surface area contributed by atoms with Crippen LogP contribution in [0.25, 0.3) is 11.4 Å². The van der Waals surface area contributed by atoms with Crippen molar-refractivity contribution in [2.75, 3.05) is 5.73 Å². The Bertz CT molecular complexity index is 533. The van der Waals surface area contributed by atoms with E-state index in [1.807, 2.05) is 42.0 Å². The van der Waals surface area contributed by atoms with E-state index in [1.165, 1.54) is 0 Å². The molecule has 0 saturated carbocycles. The smallest absolute Gasteiger partial charge is 0.141 e. The molecule has 0 amide bonds. The molecule has 4 heteroatoms. The van der Waals surface area contributed by atoms with Gasteiger partial charge < -0.3 is 10.3 Å². The summed E-state index contributed by atoms with van der Waals surface area (Å²) >= 11 is 0. The summed E-state index contributed by atoms with van der Waals surface area (Å²) in [5, 5.41) is 9.09. The van der Waals surface area contributed by atoms with Crippen LogP contribution in [0, 0.1) is 11.3 Å². The Morgan fingerprint density at radius 1 is 1.41 bits per heavy atom. The number of imidazole rings is 1. The van der Waals surface area contributed by atoms with Gasteiger partial charge in [-0.15, -0.1) is 0 Å². The maximum atomic E-state index is 9.09. The molecule has 2 rings (SSSR count). The number of nitrogens with zero attached hydrogens (tertiary/aromatic N) is 3. The number of hydrogen-bond acceptors (Lipinski definition) is 3. The third-order valence-electron chi connectivity index (χ3n) is 2.71. The quantitative estimate of drug-likeness (QED) is 0.818. The van der Waals surface area contributed by atoms with Crippen LogP contribution in [0.3, 0.4) is 0 Å². The van der Waals surface area contributed by atoms with Crippen LogP contribution in [0.1, 0.15) is 19.4 Å². The SMILES string of the molecule is CCC(C#N)n1ccnc1-c1ccc(N)cc1. The van der Waals surface area contributed by atoms with Gasteiger partial charge in [0.15, 0.2) is 0 Å². The fourth-order valence-electron chi connectivity index (χ4n) is 1.77. The maximum absolute atomic E-state index is 9.09. The van der Waals surface area contributed by atoms with Gasteiger partial charge in [0, 0.05) is 23.6 Å². The molecular weight excluding hydrogens is 212 g/mol. The highest BCUT2D eigenvalue weighted by Crippen LogP contribution is 2.23. The van der Waals surface area contributed by atoms with Gasteiger partial charge in [-0.05, 0) is 30.7 Å². The highest BCUT2D eigenvalue weighted by atomic mass is 15.1. The van der Waals surface area contributed by atoms with Crippen LogP contribution in [0.2, 0.25) is 0 Å². The van der Waals surface area contributed by atoms with Crippen LogP contribution >= 0.6 is 0 Å². The zero-order chi connectivity index (χ0) is 12.3. The lowest BCUT2D eigenvalue weighted by molar-refractivity contribution is 0.603. The van der Waals surface area contributed by atoms with Crippen molar-refractivity contribution < 1.29 is 0 Å². The molecule has 2 aromatic rings. The fourth-order valence-corrected chi connectivity index (χ4v) is 1.77. The van der Waals surface area contributed by atoms with Crippen molar-refractivity contribution >= 4 is 5.69 Å². The first-order chi connectivity index (χ1) is 8.26. The molecule has 86 valence electrons. The highest BCUT2D eigenvalue weighted by Gasteiger charge is 2.12. The van der Waals surface area contributed by atoms with Crippen LogP contribution in [-0.4, -0.2) is 9.55 Å². The number of nitrogens with two attached hydrogens (primary N) is 1. The summed E-state index contributed by atoms with van der Waals surface area (Å²) in [4.78, 5) is 4.30. The molecule has 1 atom stereocenters. The fraction of sp³-hybridized carbons (Fsp3) is 0.231. The van der Waals surface area contributed by atoms with Gasteiger partial charge in [0.2, 0.25) is 0 Å². The second-order valence-corrected chi connectivity index (χ2v) is 3.83. The van der Waals surface area contributed by atoms with E-state index in [0.717, 1.165) is 23.5 Å². The number of nitriles is 1. The number of rotatable bonds is 3. The monoisotopic (exact) mass is 226 g/mol. The van der Waals surface area contributed by atoms with Gasteiger partial charge in [-0.3, -0.25) is 0 Å².